The molecule has 1 aliphatic heterocycles. The van der Waals surface area contributed by atoms with E-state index in [1.807, 2.05) is 53.4 Å². The molecule has 0 spiro atoms. The molecule has 0 atom stereocenters. The highest BCUT2D eigenvalue weighted by Gasteiger charge is 2.27. The third-order valence-corrected chi connectivity index (χ3v) is 5.41. The molecular formula is C24H25N3O2. The van der Waals surface area contributed by atoms with Gasteiger partial charge in [0, 0.05) is 50.5 Å². The lowest BCUT2D eigenvalue weighted by Crippen LogP contribution is -2.42. The molecule has 1 amide bonds. The zero-order valence-electron chi connectivity index (χ0n) is 16.4. The molecule has 2 aromatic carbocycles. The molecule has 148 valence electrons. The molecule has 0 radical (unpaired) electrons. The minimum atomic E-state index is 0.0680. The molecule has 29 heavy (non-hydrogen) atoms. The van der Waals surface area contributed by atoms with Crippen LogP contribution in [-0.2, 0) is 4.79 Å². The van der Waals surface area contributed by atoms with E-state index in [1.165, 1.54) is 11.1 Å². The van der Waals surface area contributed by atoms with Gasteiger partial charge in [0.2, 0.25) is 11.8 Å². The van der Waals surface area contributed by atoms with Crippen molar-refractivity contribution in [3.05, 3.63) is 90.1 Å². The van der Waals surface area contributed by atoms with Gasteiger partial charge in [0.15, 0.2) is 0 Å². The molecule has 1 aliphatic rings. The Morgan fingerprint density at radius 2 is 1.55 bits per heavy atom. The monoisotopic (exact) mass is 387 g/mol. The van der Waals surface area contributed by atoms with Crippen molar-refractivity contribution >= 4 is 5.91 Å². The van der Waals surface area contributed by atoms with Crippen molar-refractivity contribution < 1.29 is 9.53 Å². The average Bonchev–Trinajstić information content (AvgIpc) is 2.80. The van der Waals surface area contributed by atoms with Gasteiger partial charge in [-0.25, -0.2) is 0 Å². The SMILES string of the molecule is O=C(CC(c1ccccc1)c1ccccc1)N1CCC(Oc2cccnn2)CC1. The van der Waals surface area contributed by atoms with Crippen LogP contribution in [0, 0.1) is 0 Å². The molecule has 2 heterocycles. The number of carbonyl (C=O) groups excluding carboxylic acids is 1. The Balaban J connectivity index is 1.39. The van der Waals surface area contributed by atoms with E-state index >= 15 is 0 Å². The van der Waals surface area contributed by atoms with Crippen LogP contribution in [0.25, 0.3) is 0 Å². The van der Waals surface area contributed by atoms with E-state index in [0.717, 1.165) is 12.8 Å². The lowest BCUT2D eigenvalue weighted by Gasteiger charge is -2.33. The van der Waals surface area contributed by atoms with Gasteiger partial charge in [-0.2, -0.15) is 5.10 Å². The second kappa shape index (κ2) is 9.32. The van der Waals surface area contributed by atoms with Crippen molar-refractivity contribution in [2.24, 2.45) is 0 Å². The van der Waals surface area contributed by atoms with Crippen LogP contribution in [-0.4, -0.2) is 40.2 Å². The van der Waals surface area contributed by atoms with E-state index in [2.05, 4.69) is 34.5 Å². The van der Waals surface area contributed by atoms with Crippen LogP contribution >= 0.6 is 0 Å². The second-order valence-corrected chi connectivity index (χ2v) is 7.34. The molecule has 4 rings (SSSR count). The topological polar surface area (TPSA) is 55.3 Å². The highest BCUT2D eigenvalue weighted by molar-refractivity contribution is 5.78. The van der Waals surface area contributed by atoms with E-state index in [1.54, 1.807) is 6.20 Å². The fourth-order valence-electron chi connectivity index (χ4n) is 3.85. The first kappa shape index (κ1) is 19.1. The smallest absolute Gasteiger partial charge is 0.233 e. The molecule has 5 nitrogen and oxygen atoms in total. The van der Waals surface area contributed by atoms with Gasteiger partial charge >= 0.3 is 0 Å². The predicted octanol–water partition coefficient (Wildman–Crippen LogP) is 4.07. The van der Waals surface area contributed by atoms with Crippen molar-refractivity contribution in [1.29, 1.82) is 0 Å². The first-order valence-electron chi connectivity index (χ1n) is 10.1. The first-order chi connectivity index (χ1) is 14.3. The van der Waals surface area contributed by atoms with Gasteiger partial charge in [-0.05, 0) is 17.2 Å². The van der Waals surface area contributed by atoms with Crippen molar-refractivity contribution in [2.75, 3.05) is 13.1 Å². The van der Waals surface area contributed by atoms with Crippen molar-refractivity contribution in [2.45, 2.75) is 31.3 Å². The number of piperidine rings is 1. The average molecular weight is 387 g/mol. The van der Waals surface area contributed by atoms with Gasteiger partial charge in [0.25, 0.3) is 0 Å². The predicted molar refractivity (Wildman–Crippen MR) is 112 cm³/mol. The van der Waals surface area contributed by atoms with E-state index in [9.17, 15) is 4.79 Å². The van der Waals surface area contributed by atoms with E-state index in [0.29, 0.717) is 25.4 Å². The Labute approximate surface area is 171 Å². The highest BCUT2D eigenvalue weighted by Crippen LogP contribution is 2.29. The number of benzene rings is 2. The summed E-state index contributed by atoms with van der Waals surface area (Å²) >= 11 is 0. The highest BCUT2D eigenvalue weighted by atomic mass is 16.5. The minimum Gasteiger partial charge on any atom is -0.473 e. The molecule has 1 saturated heterocycles. The first-order valence-corrected chi connectivity index (χ1v) is 10.1. The van der Waals surface area contributed by atoms with Gasteiger partial charge in [0.1, 0.15) is 6.10 Å². The quantitative estimate of drug-likeness (QED) is 0.640. The van der Waals surface area contributed by atoms with Crippen molar-refractivity contribution in [3.63, 3.8) is 0 Å². The number of aromatic nitrogens is 2. The standard InChI is InChI=1S/C24H25N3O2/c28-24(27-16-13-21(14-17-27)29-23-12-7-15-25-26-23)18-22(19-8-3-1-4-9-19)20-10-5-2-6-11-20/h1-12,15,21-22H,13-14,16-18H2. The third-order valence-electron chi connectivity index (χ3n) is 5.41. The van der Waals surface area contributed by atoms with Crippen molar-refractivity contribution in [3.8, 4) is 5.88 Å². The lowest BCUT2D eigenvalue weighted by atomic mass is 9.88. The number of hydrogen-bond donors (Lipinski definition) is 0. The maximum Gasteiger partial charge on any atom is 0.233 e. The third kappa shape index (κ3) is 4.99. The van der Waals surface area contributed by atoms with Crippen LogP contribution in [0.3, 0.4) is 0 Å². The second-order valence-electron chi connectivity index (χ2n) is 7.34. The summed E-state index contributed by atoms with van der Waals surface area (Å²) in [7, 11) is 0. The zero-order chi connectivity index (χ0) is 19.9. The van der Waals surface area contributed by atoms with E-state index in [-0.39, 0.29) is 17.9 Å². The van der Waals surface area contributed by atoms with Gasteiger partial charge in [-0.15, -0.1) is 5.10 Å². The molecule has 5 heteroatoms. The van der Waals surface area contributed by atoms with Crippen LogP contribution in [0.1, 0.15) is 36.3 Å². The van der Waals surface area contributed by atoms with Crippen LogP contribution in [0.2, 0.25) is 0 Å². The van der Waals surface area contributed by atoms with Gasteiger partial charge in [0.05, 0.1) is 0 Å². The van der Waals surface area contributed by atoms with E-state index in [4.69, 9.17) is 4.74 Å². The molecule has 1 fully saturated rings. The summed E-state index contributed by atoms with van der Waals surface area (Å²) in [5, 5.41) is 7.82. The largest absolute Gasteiger partial charge is 0.473 e. The number of hydrogen-bond acceptors (Lipinski definition) is 4. The lowest BCUT2D eigenvalue weighted by molar-refractivity contribution is -0.133. The minimum absolute atomic E-state index is 0.0680. The number of amides is 1. The Bertz CT molecular complexity index is 856. The van der Waals surface area contributed by atoms with Crippen LogP contribution in [0.5, 0.6) is 5.88 Å². The Kier molecular flexibility index (Phi) is 6.15. The van der Waals surface area contributed by atoms with E-state index < -0.39 is 0 Å². The molecule has 3 aromatic rings. The van der Waals surface area contributed by atoms with Gasteiger partial charge in [-0.3, -0.25) is 4.79 Å². The zero-order valence-corrected chi connectivity index (χ0v) is 16.4. The summed E-state index contributed by atoms with van der Waals surface area (Å²) in [6.45, 7) is 1.42. The Morgan fingerprint density at radius 1 is 0.931 bits per heavy atom. The summed E-state index contributed by atoms with van der Waals surface area (Å²) in [5.41, 5.74) is 2.35. The molecule has 1 aromatic heterocycles. The summed E-state index contributed by atoms with van der Waals surface area (Å²) in [6.07, 6.45) is 3.80. The molecule has 0 bridgehead atoms. The number of nitrogens with zero attached hydrogens (tertiary/aromatic N) is 3. The summed E-state index contributed by atoms with van der Waals surface area (Å²) in [6, 6.07) is 24.2. The van der Waals surface area contributed by atoms with Crippen LogP contribution in [0.15, 0.2) is 79.0 Å². The number of carbonyl (C=O) groups is 1. The van der Waals surface area contributed by atoms with Crippen LogP contribution in [0.4, 0.5) is 0 Å². The number of rotatable bonds is 6. The fourth-order valence-corrected chi connectivity index (χ4v) is 3.85. The number of likely N-dealkylation sites (tertiary alicyclic amines) is 1. The van der Waals surface area contributed by atoms with Crippen LogP contribution < -0.4 is 4.74 Å². The molecule has 0 unspecified atom stereocenters. The maximum atomic E-state index is 13.1. The van der Waals surface area contributed by atoms with Gasteiger partial charge in [-0.1, -0.05) is 60.7 Å². The van der Waals surface area contributed by atoms with Gasteiger partial charge < -0.3 is 9.64 Å². The summed E-state index contributed by atoms with van der Waals surface area (Å²) in [4.78, 5) is 15.1. The summed E-state index contributed by atoms with van der Waals surface area (Å²) < 4.78 is 5.89. The molecule has 0 saturated carbocycles. The number of ether oxygens (including phenoxy) is 1. The molecular weight excluding hydrogens is 362 g/mol. The Morgan fingerprint density at radius 3 is 2.10 bits per heavy atom. The molecule has 0 aliphatic carbocycles. The Hall–Kier alpha value is -3.21. The fraction of sp³-hybridized carbons (Fsp3) is 0.292. The normalized spacial score (nSPS) is 14.7. The maximum absolute atomic E-state index is 13.1. The molecule has 0 N–H and O–H groups in total. The summed E-state index contributed by atoms with van der Waals surface area (Å²) in [5.74, 6) is 0.810. The van der Waals surface area contributed by atoms with Crippen molar-refractivity contribution in [1.82, 2.24) is 15.1 Å².